The van der Waals surface area contributed by atoms with E-state index in [1.807, 2.05) is 12.5 Å². The number of hydrogen-bond acceptors (Lipinski definition) is 0. The zero-order valence-electron chi connectivity index (χ0n) is 9.11. The van der Waals surface area contributed by atoms with E-state index in [1.165, 1.54) is 17.5 Å². The van der Waals surface area contributed by atoms with Crippen LogP contribution in [0, 0.1) is 6.92 Å². The molecule has 0 saturated carbocycles. The first kappa shape index (κ1) is 9.97. The summed E-state index contributed by atoms with van der Waals surface area (Å²) in [5.74, 6) is 0. The molecule has 0 amide bonds. The maximum atomic E-state index is 3.05. The number of imidazole rings is 1. The van der Waals surface area contributed by atoms with Gasteiger partial charge in [0.05, 0.1) is 6.54 Å². The average molecular weight is 201 g/mol. The van der Waals surface area contributed by atoms with E-state index in [0.717, 1.165) is 13.0 Å². The van der Waals surface area contributed by atoms with Crippen LogP contribution in [0.2, 0.25) is 0 Å². The number of aromatic amines is 1. The average Bonchev–Trinajstić information content (AvgIpc) is 2.74. The number of benzene rings is 1. The molecule has 1 aromatic heterocycles. The van der Waals surface area contributed by atoms with Crippen molar-refractivity contribution in [3.63, 3.8) is 0 Å². The predicted octanol–water partition coefficient (Wildman–Crippen LogP) is 2.24. The van der Waals surface area contributed by atoms with Crippen molar-refractivity contribution in [1.82, 2.24) is 4.98 Å². The Morgan fingerprint density at radius 2 is 2.00 bits per heavy atom. The zero-order chi connectivity index (χ0) is 10.5. The molecule has 0 spiro atoms. The van der Waals surface area contributed by atoms with Crippen molar-refractivity contribution in [1.29, 1.82) is 0 Å². The summed E-state index contributed by atoms with van der Waals surface area (Å²) in [5.41, 5.74) is 2.76. The molecule has 1 N–H and O–H groups in total. The highest BCUT2D eigenvalue weighted by Gasteiger charge is 1.97. The summed E-state index contributed by atoms with van der Waals surface area (Å²) in [6, 6.07) is 8.80. The van der Waals surface area contributed by atoms with Crippen LogP contribution in [0.3, 0.4) is 0 Å². The molecule has 2 nitrogen and oxygen atoms in total. The molecule has 0 bridgehead atoms. The number of nitrogens with one attached hydrogen (secondary N) is 1. The molecule has 15 heavy (non-hydrogen) atoms. The van der Waals surface area contributed by atoms with Crippen LogP contribution in [0.1, 0.15) is 17.5 Å². The first-order valence-electron chi connectivity index (χ1n) is 5.42. The molecule has 2 aromatic rings. The Morgan fingerprint density at radius 3 is 2.67 bits per heavy atom. The lowest BCUT2D eigenvalue weighted by atomic mass is 10.1. The number of nitrogens with zero attached hydrogens (tertiary/aromatic N) is 1. The second-order valence-corrected chi connectivity index (χ2v) is 3.94. The summed E-state index contributed by atoms with van der Waals surface area (Å²) in [6.45, 7) is 3.21. The van der Waals surface area contributed by atoms with Gasteiger partial charge < -0.3 is 0 Å². The van der Waals surface area contributed by atoms with Gasteiger partial charge in [-0.3, -0.25) is 4.98 Å². The van der Waals surface area contributed by atoms with Gasteiger partial charge in [-0.15, -0.1) is 0 Å². The molecule has 0 radical (unpaired) electrons. The lowest BCUT2D eigenvalue weighted by Gasteiger charge is -2.00. The fourth-order valence-electron chi connectivity index (χ4n) is 1.68. The van der Waals surface area contributed by atoms with Crippen LogP contribution in [-0.2, 0) is 13.0 Å². The van der Waals surface area contributed by atoms with Crippen LogP contribution >= 0.6 is 0 Å². The monoisotopic (exact) mass is 201 g/mol. The van der Waals surface area contributed by atoms with Crippen LogP contribution in [0.5, 0.6) is 0 Å². The third kappa shape index (κ3) is 2.94. The largest absolute Gasteiger partial charge is 0.250 e. The highest BCUT2D eigenvalue weighted by molar-refractivity contribution is 5.21. The fraction of sp³-hybridized carbons (Fsp3) is 0.308. The van der Waals surface area contributed by atoms with Gasteiger partial charge in [-0.25, -0.2) is 4.57 Å². The minimum atomic E-state index is 1.08. The molecular weight excluding hydrogens is 184 g/mol. The number of H-pyrrole nitrogens is 1. The Bertz CT molecular complexity index is 387. The van der Waals surface area contributed by atoms with Gasteiger partial charge in [-0.05, 0) is 25.3 Å². The summed E-state index contributed by atoms with van der Waals surface area (Å²) >= 11 is 0. The lowest BCUT2D eigenvalue weighted by Crippen LogP contribution is -2.30. The van der Waals surface area contributed by atoms with Gasteiger partial charge in [0, 0.05) is 0 Å². The Kier molecular flexibility index (Phi) is 3.18. The van der Waals surface area contributed by atoms with Crippen LogP contribution in [0.25, 0.3) is 0 Å². The second-order valence-electron chi connectivity index (χ2n) is 3.94. The van der Waals surface area contributed by atoms with E-state index in [1.54, 1.807) is 0 Å². The van der Waals surface area contributed by atoms with Gasteiger partial charge in [0.2, 0.25) is 6.33 Å². The van der Waals surface area contributed by atoms with Gasteiger partial charge >= 0.3 is 0 Å². The molecule has 0 unspecified atom stereocenters. The molecule has 0 aliphatic carbocycles. The Hall–Kier alpha value is -1.57. The third-order valence-electron chi connectivity index (χ3n) is 2.60. The van der Waals surface area contributed by atoms with Crippen molar-refractivity contribution in [2.45, 2.75) is 26.3 Å². The highest BCUT2D eigenvalue weighted by atomic mass is 15.0. The molecule has 0 aliphatic heterocycles. The Balaban J connectivity index is 1.81. The van der Waals surface area contributed by atoms with Crippen molar-refractivity contribution in [3.05, 3.63) is 54.1 Å². The summed E-state index contributed by atoms with van der Waals surface area (Å²) in [6.07, 6.45) is 8.35. The van der Waals surface area contributed by atoms with E-state index in [9.17, 15) is 0 Å². The number of aryl methyl sites for hydroxylation is 3. The molecule has 0 fully saturated rings. The topological polar surface area (TPSA) is 19.7 Å². The Morgan fingerprint density at radius 1 is 1.20 bits per heavy atom. The first-order chi connectivity index (χ1) is 7.34. The van der Waals surface area contributed by atoms with E-state index in [0.29, 0.717) is 0 Å². The molecule has 0 aliphatic rings. The van der Waals surface area contributed by atoms with E-state index in [-0.39, 0.29) is 0 Å². The van der Waals surface area contributed by atoms with Crippen LogP contribution in [0.4, 0.5) is 0 Å². The van der Waals surface area contributed by atoms with E-state index >= 15 is 0 Å². The molecular formula is C13H17N2+. The highest BCUT2D eigenvalue weighted by Crippen LogP contribution is 2.05. The normalized spacial score (nSPS) is 10.5. The molecule has 1 heterocycles. The number of aromatic nitrogens is 2. The standard InChI is InChI=1S/C13H16N2/c1-12-4-6-13(7-5-12)3-2-9-15-10-8-14-11-15/h4-8,10-11H,2-3,9H2,1H3/p+1. The van der Waals surface area contributed by atoms with Crippen LogP contribution in [-0.4, -0.2) is 4.98 Å². The maximum absolute atomic E-state index is 3.05. The molecule has 78 valence electrons. The SMILES string of the molecule is Cc1ccc(CCC[n+]2cc[nH]c2)cc1. The minimum absolute atomic E-state index is 1.08. The summed E-state index contributed by atoms with van der Waals surface area (Å²) in [7, 11) is 0. The van der Waals surface area contributed by atoms with Crippen molar-refractivity contribution < 1.29 is 4.57 Å². The summed E-state index contributed by atoms with van der Waals surface area (Å²) < 4.78 is 2.17. The van der Waals surface area contributed by atoms with E-state index < -0.39 is 0 Å². The fourth-order valence-corrected chi connectivity index (χ4v) is 1.68. The van der Waals surface area contributed by atoms with Crippen LogP contribution in [0.15, 0.2) is 43.0 Å². The van der Waals surface area contributed by atoms with Crippen LogP contribution < -0.4 is 4.57 Å². The second kappa shape index (κ2) is 4.78. The van der Waals surface area contributed by atoms with Gasteiger partial charge in [-0.2, -0.15) is 0 Å². The number of hydrogen-bond donors (Lipinski definition) is 1. The van der Waals surface area contributed by atoms with Crippen molar-refractivity contribution in [2.24, 2.45) is 0 Å². The molecule has 0 atom stereocenters. The van der Waals surface area contributed by atoms with Crippen molar-refractivity contribution in [2.75, 3.05) is 0 Å². The third-order valence-corrected chi connectivity index (χ3v) is 2.60. The first-order valence-corrected chi connectivity index (χ1v) is 5.42. The van der Waals surface area contributed by atoms with E-state index in [2.05, 4.69) is 46.9 Å². The van der Waals surface area contributed by atoms with Crippen molar-refractivity contribution >= 4 is 0 Å². The van der Waals surface area contributed by atoms with Gasteiger partial charge in [-0.1, -0.05) is 29.8 Å². The lowest BCUT2D eigenvalue weighted by molar-refractivity contribution is -0.696. The minimum Gasteiger partial charge on any atom is -0.250 e. The quantitative estimate of drug-likeness (QED) is 0.732. The zero-order valence-corrected chi connectivity index (χ0v) is 9.11. The summed E-state index contributed by atoms with van der Waals surface area (Å²) in [4.78, 5) is 3.05. The molecule has 2 heteroatoms. The van der Waals surface area contributed by atoms with E-state index in [4.69, 9.17) is 0 Å². The number of rotatable bonds is 4. The predicted molar refractivity (Wildman–Crippen MR) is 60.5 cm³/mol. The van der Waals surface area contributed by atoms with Gasteiger partial charge in [0.15, 0.2) is 0 Å². The maximum Gasteiger partial charge on any atom is 0.241 e. The molecule has 2 rings (SSSR count). The van der Waals surface area contributed by atoms with Crippen molar-refractivity contribution in [3.8, 4) is 0 Å². The summed E-state index contributed by atoms with van der Waals surface area (Å²) in [5, 5.41) is 0. The Labute approximate surface area is 90.6 Å². The van der Waals surface area contributed by atoms with Gasteiger partial charge in [0.25, 0.3) is 0 Å². The van der Waals surface area contributed by atoms with Gasteiger partial charge in [0.1, 0.15) is 12.4 Å². The molecule has 0 saturated heterocycles. The molecule has 1 aromatic carbocycles. The smallest absolute Gasteiger partial charge is 0.241 e.